The van der Waals surface area contributed by atoms with Crippen molar-refractivity contribution in [1.29, 1.82) is 0 Å². The van der Waals surface area contributed by atoms with E-state index < -0.39 is 18.5 Å². The first-order valence-corrected chi connectivity index (χ1v) is 4.25. The van der Waals surface area contributed by atoms with E-state index in [9.17, 15) is 9.59 Å². The number of carboxylic acid groups (broad SMARTS) is 1. The molecular formula is C9H11N3O3. The van der Waals surface area contributed by atoms with Crippen molar-refractivity contribution in [1.82, 2.24) is 10.3 Å². The zero-order valence-electron chi connectivity index (χ0n) is 8.17. The van der Waals surface area contributed by atoms with E-state index in [1.165, 1.54) is 11.9 Å². The molecule has 80 valence electrons. The molecule has 0 aliphatic carbocycles. The summed E-state index contributed by atoms with van der Waals surface area (Å²) in [4.78, 5) is 26.8. The van der Waals surface area contributed by atoms with Crippen LogP contribution >= 0.6 is 0 Å². The minimum atomic E-state index is -1.09. The van der Waals surface area contributed by atoms with Crippen LogP contribution in [0.4, 0.5) is 10.6 Å². The molecule has 2 amide bonds. The van der Waals surface area contributed by atoms with Crippen LogP contribution in [0.25, 0.3) is 0 Å². The van der Waals surface area contributed by atoms with Crippen molar-refractivity contribution in [2.24, 2.45) is 0 Å². The van der Waals surface area contributed by atoms with E-state index in [1.54, 1.807) is 24.4 Å². The molecule has 1 rings (SSSR count). The van der Waals surface area contributed by atoms with Crippen LogP contribution in [0.2, 0.25) is 0 Å². The maximum atomic E-state index is 11.4. The molecular weight excluding hydrogens is 198 g/mol. The minimum Gasteiger partial charge on any atom is -0.480 e. The normalized spacial score (nSPS) is 9.40. The SMILES string of the molecule is CN(C(=O)NCC(=O)O)c1ccccn1. The number of nitrogens with zero attached hydrogens (tertiary/aromatic N) is 2. The molecule has 0 radical (unpaired) electrons. The molecule has 6 nitrogen and oxygen atoms in total. The summed E-state index contributed by atoms with van der Waals surface area (Å²) < 4.78 is 0. The van der Waals surface area contributed by atoms with Gasteiger partial charge in [-0.05, 0) is 12.1 Å². The molecule has 2 N–H and O–H groups in total. The summed E-state index contributed by atoms with van der Waals surface area (Å²) in [6.45, 7) is -0.407. The first-order chi connectivity index (χ1) is 7.11. The molecule has 15 heavy (non-hydrogen) atoms. The van der Waals surface area contributed by atoms with Crippen molar-refractivity contribution < 1.29 is 14.7 Å². The molecule has 0 unspecified atom stereocenters. The van der Waals surface area contributed by atoms with Gasteiger partial charge in [0.15, 0.2) is 0 Å². The predicted molar refractivity (Wildman–Crippen MR) is 53.7 cm³/mol. The molecule has 0 spiro atoms. The number of anilines is 1. The number of rotatable bonds is 3. The van der Waals surface area contributed by atoms with Crippen molar-refractivity contribution >= 4 is 17.8 Å². The van der Waals surface area contributed by atoms with Gasteiger partial charge in [-0.25, -0.2) is 9.78 Å². The summed E-state index contributed by atoms with van der Waals surface area (Å²) in [5.41, 5.74) is 0. The van der Waals surface area contributed by atoms with E-state index in [4.69, 9.17) is 5.11 Å². The average Bonchev–Trinajstić information content (AvgIpc) is 2.26. The van der Waals surface area contributed by atoms with Gasteiger partial charge in [0.1, 0.15) is 12.4 Å². The largest absolute Gasteiger partial charge is 0.480 e. The lowest BCUT2D eigenvalue weighted by atomic mass is 10.4. The van der Waals surface area contributed by atoms with Gasteiger partial charge in [0.2, 0.25) is 0 Å². The number of carbonyl (C=O) groups is 2. The number of carboxylic acids is 1. The predicted octanol–water partition coefficient (Wildman–Crippen LogP) is 0.312. The first-order valence-electron chi connectivity index (χ1n) is 4.25. The number of hydrogen-bond donors (Lipinski definition) is 2. The molecule has 6 heteroatoms. The van der Waals surface area contributed by atoms with Crippen LogP contribution in [0.15, 0.2) is 24.4 Å². The molecule has 0 atom stereocenters. The number of urea groups is 1. The zero-order chi connectivity index (χ0) is 11.3. The van der Waals surface area contributed by atoms with Crippen LogP contribution in [0.5, 0.6) is 0 Å². The Morgan fingerprint density at radius 3 is 2.80 bits per heavy atom. The van der Waals surface area contributed by atoms with Gasteiger partial charge in [-0.2, -0.15) is 0 Å². The minimum absolute atomic E-state index is 0.407. The maximum absolute atomic E-state index is 11.4. The summed E-state index contributed by atoms with van der Waals surface area (Å²) >= 11 is 0. The highest BCUT2D eigenvalue weighted by molar-refractivity contribution is 5.92. The molecule has 1 heterocycles. The lowest BCUT2D eigenvalue weighted by Crippen LogP contribution is -2.40. The van der Waals surface area contributed by atoms with Crippen LogP contribution in [-0.4, -0.2) is 35.7 Å². The standard InChI is InChI=1S/C9H11N3O3/c1-12(7-4-2-3-5-10-7)9(15)11-6-8(13)14/h2-5H,6H2,1H3,(H,11,15)(H,13,14). The Bertz CT molecular complexity index is 353. The fraction of sp³-hybridized carbons (Fsp3) is 0.222. The molecule has 0 saturated carbocycles. The third-order valence-corrected chi connectivity index (χ3v) is 1.69. The van der Waals surface area contributed by atoms with Crippen molar-refractivity contribution in [3.63, 3.8) is 0 Å². The second kappa shape index (κ2) is 4.94. The Morgan fingerprint density at radius 2 is 2.27 bits per heavy atom. The van der Waals surface area contributed by atoms with Crippen molar-refractivity contribution in [3.05, 3.63) is 24.4 Å². The number of hydrogen-bond acceptors (Lipinski definition) is 3. The monoisotopic (exact) mass is 209 g/mol. The van der Waals surface area contributed by atoms with Crippen molar-refractivity contribution in [2.45, 2.75) is 0 Å². The zero-order valence-corrected chi connectivity index (χ0v) is 8.17. The topological polar surface area (TPSA) is 82.5 Å². The molecule has 0 saturated heterocycles. The van der Waals surface area contributed by atoms with Gasteiger partial charge in [0, 0.05) is 13.2 Å². The summed E-state index contributed by atoms with van der Waals surface area (Å²) in [5, 5.41) is 10.6. The fourth-order valence-electron chi connectivity index (χ4n) is 0.926. The Morgan fingerprint density at radius 1 is 1.53 bits per heavy atom. The Kier molecular flexibility index (Phi) is 3.61. The van der Waals surface area contributed by atoms with Gasteiger partial charge >= 0.3 is 12.0 Å². The second-order valence-electron chi connectivity index (χ2n) is 2.80. The highest BCUT2D eigenvalue weighted by Crippen LogP contribution is 2.05. The third-order valence-electron chi connectivity index (χ3n) is 1.69. The molecule has 0 aliphatic heterocycles. The highest BCUT2D eigenvalue weighted by Gasteiger charge is 2.11. The summed E-state index contributed by atoms with van der Waals surface area (Å²) in [7, 11) is 1.51. The molecule has 0 bridgehead atoms. The number of nitrogens with one attached hydrogen (secondary N) is 1. The van der Waals surface area contributed by atoms with Crippen LogP contribution < -0.4 is 10.2 Å². The van der Waals surface area contributed by atoms with Crippen LogP contribution in [-0.2, 0) is 4.79 Å². The molecule has 0 fully saturated rings. The fourth-order valence-corrected chi connectivity index (χ4v) is 0.926. The van der Waals surface area contributed by atoms with E-state index in [0.717, 1.165) is 0 Å². The van der Waals surface area contributed by atoms with Crippen LogP contribution in [0, 0.1) is 0 Å². The number of pyridine rings is 1. The smallest absolute Gasteiger partial charge is 0.323 e. The number of aliphatic carboxylic acids is 1. The average molecular weight is 209 g/mol. The van der Waals surface area contributed by atoms with E-state index in [1.807, 2.05) is 0 Å². The van der Waals surface area contributed by atoms with Gasteiger partial charge < -0.3 is 10.4 Å². The maximum Gasteiger partial charge on any atom is 0.323 e. The van der Waals surface area contributed by atoms with E-state index in [2.05, 4.69) is 10.3 Å². The number of aromatic nitrogens is 1. The lowest BCUT2D eigenvalue weighted by Gasteiger charge is -2.15. The molecule has 0 aliphatic rings. The Balaban J connectivity index is 2.57. The summed E-state index contributed by atoms with van der Waals surface area (Å²) in [6, 6.07) is 4.62. The van der Waals surface area contributed by atoms with Crippen LogP contribution in [0.3, 0.4) is 0 Å². The number of amides is 2. The van der Waals surface area contributed by atoms with E-state index >= 15 is 0 Å². The molecule has 1 aromatic heterocycles. The lowest BCUT2D eigenvalue weighted by molar-refractivity contribution is -0.135. The van der Waals surface area contributed by atoms with Gasteiger partial charge in [-0.1, -0.05) is 6.07 Å². The number of carbonyl (C=O) groups excluding carboxylic acids is 1. The molecule has 1 aromatic rings. The highest BCUT2D eigenvalue weighted by atomic mass is 16.4. The quantitative estimate of drug-likeness (QED) is 0.750. The van der Waals surface area contributed by atoms with Crippen molar-refractivity contribution in [3.8, 4) is 0 Å². The summed E-state index contributed by atoms with van der Waals surface area (Å²) in [5.74, 6) is -0.627. The molecule has 0 aromatic carbocycles. The Hall–Kier alpha value is -2.11. The first kappa shape index (κ1) is 11.0. The van der Waals surface area contributed by atoms with E-state index in [-0.39, 0.29) is 0 Å². The van der Waals surface area contributed by atoms with Gasteiger partial charge in [-0.3, -0.25) is 9.69 Å². The van der Waals surface area contributed by atoms with Gasteiger partial charge in [-0.15, -0.1) is 0 Å². The van der Waals surface area contributed by atoms with E-state index in [0.29, 0.717) is 5.82 Å². The second-order valence-corrected chi connectivity index (χ2v) is 2.80. The summed E-state index contributed by atoms with van der Waals surface area (Å²) in [6.07, 6.45) is 1.55. The third kappa shape index (κ3) is 3.26. The van der Waals surface area contributed by atoms with Gasteiger partial charge in [0.05, 0.1) is 0 Å². The van der Waals surface area contributed by atoms with Gasteiger partial charge in [0.25, 0.3) is 0 Å². The van der Waals surface area contributed by atoms with Crippen molar-refractivity contribution in [2.75, 3.05) is 18.5 Å². The van der Waals surface area contributed by atoms with Crippen LogP contribution in [0.1, 0.15) is 0 Å². The Labute approximate surface area is 86.5 Å².